The maximum Gasteiger partial charge on any atom is 0.222 e. The molecule has 7 heteroatoms. The second-order valence-corrected chi connectivity index (χ2v) is 7.03. The van der Waals surface area contributed by atoms with Gasteiger partial charge in [0, 0.05) is 45.6 Å². The Morgan fingerprint density at radius 3 is 2.89 bits per heavy atom. The summed E-state index contributed by atoms with van der Waals surface area (Å²) >= 11 is 0. The van der Waals surface area contributed by atoms with Crippen molar-refractivity contribution in [3.63, 3.8) is 0 Å². The number of amides is 1. The van der Waals surface area contributed by atoms with Gasteiger partial charge in [0.1, 0.15) is 0 Å². The minimum atomic E-state index is -0.501. The quantitative estimate of drug-likeness (QED) is 0.723. The molecule has 0 radical (unpaired) electrons. The molecule has 1 fully saturated rings. The van der Waals surface area contributed by atoms with Gasteiger partial charge in [-0.25, -0.2) is 0 Å². The summed E-state index contributed by atoms with van der Waals surface area (Å²) in [4.78, 5) is 14.2. The Hall–Kier alpha value is -2.22. The third-order valence-electron chi connectivity index (χ3n) is 4.84. The van der Waals surface area contributed by atoms with Gasteiger partial charge in [-0.05, 0) is 23.6 Å². The lowest BCUT2D eigenvalue weighted by Gasteiger charge is -2.36. The van der Waals surface area contributed by atoms with E-state index in [-0.39, 0.29) is 11.9 Å². The predicted molar refractivity (Wildman–Crippen MR) is 102 cm³/mol. The molecule has 0 bridgehead atoms. The van der Waals surface area contributed by atoms with Gasteiger partial charge >= 0.3 is 0 Å². The number of ether oxygens (including phenoxy) is 1. The topological polar surface area (TPSA) is 79.6 Å². The van der Waals surface area contributed by atoms with Gasteiger partial charge < -0.3 is 15.2 Å². The lowest BCUT2D eigenvalue weighted by atomic mass is 10.0. The molecule has 2 atom stereocenters. The summed E-state index contributed by atoms with van der Waals surface area (Å²) in [5.74, 6) is -0.0797. The molecule has 1 aliphatic heterocycles. The van der Waals surface area contributed by atoms with Crippen molar-refractivity contribution in [1.29, 1.82) is 0 Å². The van der Waals surface area contributed by atoms with E-state index in [2.05, 4.69) is 39.6 Å². The molecule has 1 amide bonds. The zero-order chi connectivity index (χ0) is 19.1. The van der Waals surface area contributed by atoms with Crippen molar-refractivity contribution in [2.75, 3.05) is 26.8 Å². The average molecular weight is 372 g/mol. The molecule has 0 spiro atoms. The highest BCUT2D eigenvalue weighted by Gasteiger charge is 2.28. The number of hydrogen-bond donors (Lipinski definition) is 2. The first-order valence-electron chi connectivity index (χ1n) is 9.38. The summed E-state index contributed by atoms with van der Waals surface area (Å²) in [6.07, 6.45) is 4.20. The van der Waals surface area contributed by atoms with Gasteiger partial charge in [-0.1, -0.05) is 24.3 Å². The smallest absolute Gasteiger partial charge is 0.222 e. The average Bonchev–Trinajstić information content (AvgIpc) is 3.16. The number of hydrogen-bond acceptors (Lipinski definition) is 5. The van der Waals surface area contributed by atoms with E-state index in [9.17, 15) is 9.90 Å². The Bertz CT molecular complexity index is 720. The van der Waals surface area contributed by atoms with Crippen LogP contribution in [0.2, 0.25) is 0 Å². The summed E-state index contributed by atoms with van der Waals surface area (Å²) in [5.41, 5.74) is 2.43. The SMILES string of the molecule is COCCC(=O)N[C@@H]1CN(Cc2cccc(Cn3cccn3)c2)CC[C@H]1O. The fraction of sp³-hybridized carbons (Fsp3) is 0.500. The number of rotatable bonds is 8. The van der Waals surface area contributed by atoms with E-state index in [1.54, 1.807) is 13.3 Å². The lowest BCUT2D eigenvalue weighted by molar-refractivity contribution is -0.124. The zero-order valence-electron chi connectivity index (χ0n) is 15.8. The number of likely N-dealkylation sites (tertiary alicyclic amines) is 1. The van der Waals surface area contributed by atoms with Crippen LogP contribution in [0.4, 0.5) is 0 Å². The number of carbonyl (C=O) groups excluding carboxylic acids is 1. The normalized spacial score (nSPS) is 20.5. The maximum absolute atomic E-state index is 11.9. The van der Waals surface area contributed by atoms with E-state index in [0.29, 0.717) is 26.0 Å². The van der Waals surface area contributed by atoms with E-state index in [1.807, 2.05) is 16.9 Å². The van der Waals surface area contributed by atoms with Crippen LogP contribution in [-0.2, 0) is 22.6 Å². The molecule has 2 aromatic rings. The van der Waals surface area contributed by atoms with Gasteiger partial charge in [0.05, 0.1) is 25.3 Å². The first-order chi connectivity index (χ1) is 13.1. The second-order valence-electron chi connectivity index (χ2n) is 7.03. The van der Waals surface area contributed by atoms with E-state index in [0.717, 1.165) is 19.6 Å². The molecular formula is C20H28N4O3. The molecular weight excluding hydrogens is 344 g/mol. The Labute approximate surface area is 159 Å². The van der Waals surface area contributed by atoms with Gasteiger partial charge in [0.25, 0.3) is 0 Å². The minimum Gasteiger partial charge on any atom is -0.391 e. The van der Waals surface area contributed by atoms with Crippen molar-refractivity contribution in [2.45, 2.75) is 38.1 Å². The van der Waals surface area contributed by atoms with Crippen LogP contribution < -0.4 is 5.32 Å². The molecule has 2 N–H and O–H groups in total. The van der Waals surface area contributed by atoms with Gasteiger partial charge in [0.15, 0.2) is 0 Å². The van der Waals surface area contributed by atoms with Gasteiger partial charge in [-0.3, -0.25) is 14.4 Å². The molecule has 3 rings (SSSR count). The third-order valence-corrected chi connectivity index (χ3v) is 4.84. The van der Waals surface area contributed by atoms with Crippen LogP contribution in [0.5, 0.6) is 0 Å². The van der Waals surface area contributed by atoms with Gasteiger partial charge in [-0.15, -0.1) is 0 Å². The van der Waals surface area contributed by atoms with Crippen LogP contribution in [-0.4, -0.2) is 64.6 Å². The minimum absolute atomic E-state index is 0.0797. The number of methoxy groups -OCH3 is 1. The molecule has 0 aliphatic carbocycles. The zero-order valence-corrected chi connectivity index (χ0v) is 15.8. The van der Waals surface area contributed by atoms with Crippen molar-refractivity contribution < 1.29 is 14.6 Å². The van der Waals surface area contributed by atoms with E-state index < -0.39 is 6.10 Å². The van der Waals surface area contributed by atoms with E-state index in [4.69, 9.17) is 4.74 Å². The lowest BCUT2D eigenvalue weighted by Crippen LogP contribution is -2.54. The maximum atomic E-state index is 11.9. The Balaban J connectivity index is 1.56. The van der Waals surface area contributed by atoms with Crippen LogP contribution >= 0.6 is 0 Å². The number of carbonyl (C=O) groups is 1. The molecule has 7 nitrogen and oxygen atoms in total. The summed E-state index contributed by atoms with van der Waals surface area (Å²) in [5, 5.41) is 17.4. The fourth-order valence-electron chi connectivity index (χ4n) is 3.43. The molecule has 1 saturated heterocycles. The summed E-state index contributed by atoms with van der Waals surface area (Å²) in [6.45, 7) is 3.39. The van der Waals surface area contributed by atoms with Crippen molar-refractivity contribution in [2.24, 2.45) is 0 Å². The largest absolute Gasteiger partial charge is 0.391 e. The Morgan fingerprint density at radius 1 is 1.33 bits per heavy atom. The molecule has 1 aromatic heterocycles. The van der Waals surface area contributed by atoms with Crippen LogP contribution in [0.3, 0.4) is 0 Å². The van der Waals surface area contributed by atoms with Crippen molar-refractivity contribution in [3.8, 4) is 0 Å². The van der Waals surface area contributed by atoms with E-state index >= 15 is 0 Å². The van der Waals surface area contributed by atoms with E-state index in [1.165, 1.54) is 11.1 Å². The highest BCUT2D eigenvalue weighted by Crippen LogP contribution is 2.16. The second kappa shape index (κ2) is 9.64. The molecule has 1 aromatic carbocycles. The number of aliphatic hydroxyl groups excluding tert-OH is 1. The van der Waals surface area contributed by atoms with Crippen molar-refractivity contribution in [3.05, 3.63) is 53.9 Å². The number of benzene rings is 1. The summed E-state index contributed by atoms with van der Waals surface area (Å²) in [6, 6.07) is 10.2. The number of aromatic nitrogens is 2. The highest BCUT2D eigenvalue weighted by molar-refractivity contribution is 5.76. The van der Waals surface area contributed by atoms with Gasteiger partial charge in [-0.2, -0.15) is 5.10 Å². The standard InChI is InChI=1S/C20H28N4O3/c1-27-11-7-20(26)22-18-15-23(10-6-19(18)25)13-16-4-2-5-17(12-16)14-24-9-3-8-21-24/h2-5,8-9,12,18-19,25H,6-7,10-11,13-15H2,1H3,(H,22,26)/t18-,19-/m1/s1. The number of piperidine rings is 1. The summed E-state index contributed by atoms with van der Waals surface area (Å²) < 4.78 is 6.84. The predicted octanol–water partition coefficient (Wildman–Crippen LogP) is 1.02. The summed E-state index contributed by atoms with van der Waals surface area (Å²) in [7, 11) is 1.57. The fourth-order valence-corrected chi connectivity index (χ4v) is 3.43. The molecule has 146 valence electrons. The first kappa shape index (κ1) is 19.5. The monoisotopic (exact) mass is 372 g/mol. The Morgan fingerprint density at radius 2 is 2.15 bits per heavy atom. The number of aliphatic hydroxyl groups is 1. The number of nitrogens with zero attached hydrogens (tertiary/aromatic N) is 3. The molecule has 1 aliphatic rings. The highest BCUT2D eigenvalue weighted by atomic mass is 16.5. The Kier molecular flexibility index (Phi) is 6.98. The van der Waals surface area contributed by atoms with Crippen LogP contribution in [0.25, 0.3) is 0 Å². The third kappa shape index (κ3) is 5.89. The van der Waals surface area contributed by atoms with Crippen LogP contribution in [0.15, 0.2) is 42.7 Å². The molecule has 2 heterocycles. The molecule has 0 unspecified atom stereocenters. The van der Waals surface area contributed by atoms with Crippen LogP contribution in [0.1, 0.15) is 24.0 Å². The first-order valence-corrected chi connectivity index (χ1v) is 9.38. The molecule has 0 saturated carbocycles. The van der Waals surface area contributed by atoms with Crippen molar-refractivity contribution in [1.82, 2.24) is 20.0 Å². The number of nitrogens with one attached hydrogen (secondary N) is 1. The van der Waals surface area contributed by atoms with Gasteiger partial charge in [0.2, 0.25) is 5.91 Å². The van der Waals surface area contributed by atoms with Crippen LogP contribution in [0, 0.1) is 0 Å². The van der Waals surface area contributed by atoms with Crippen molar-refractivity contribution >= 4 is 5.91 Å². The molecule has 27 heavy (non-hydrogen) atoms.